The molecule has 0 bridgehead atoms. The van der Waals surface area contributed by atoms with E-state index in [0.29, 0.717) is 0 Å². The van der Waals surface area contributed by atoms with Gasteiger partial charge in [-0.15, -0.1) is 0 Å². The molecule has 0 aromatic heterocycles. The Morgan fingerprint density at radius 1 is 1.70 bits per heavy atom. The van der Waals surface area contributed by atoms with Gasteiger partial charge in [0.25, 0.3) is 0 Å². The molecule has 2 unspecified atom stereocenters. The van der Waals surface area contributed by atoms with Crippen molar-refractivity contribution in [3.63, 3.8) is 0 Å². The minimum absolute atomic E-state index is 0.0451. The van der Waals surface area contributed by atoms with E-state index < -0.39 is 17.9 Å². The van der Waals surface area contributed by atoms with Crippen LogP contribution in [0.15, 0.2) is 0 Å². The standard InChI is InChI=1S/C5H9NO4/c7-3-1-2-5(10,6-3)4(8)9/h3,6-7,10H,1-2H2,(H,8,9). The van der Waals surface area contributed by atoms with Gasteiger partial charge in [-0.3, -0.25) is 5.32 Å². The largest absolute Gasteiger partial charge is 0.478 e. The Labute approximate surface area is 57.3 Å². The van der Waals surface area contributed by atoms with Crippen LogP contribution < -0.4 is 5.32 Å². The lowest BCUT2D eigenvalue weighted by molar-refractivity contribution is -0.161. The van der Waals surface area contributed by atoms with Gasteiger partial charge < -0.3 is 15.3 Å². The molecule has 0 radical (unpaired) electrons. The highest BCUT2D eigenvalue weighted by atomic mass is 16.4. The molecule has 10 heavy (non-hydrogen) atoms. The molecule has 2 atom stereocenters. The molecule has 1 fully saturated rings. The predicted octanol–water partition coefficient (Wildman–Crippen LogP) is -1.54. The molecule has 5 heteroatoms. The average molecular weight is 147 g/mol. The van der Waals surface area contributed by atoms with Gasteiger partial charge in [-0.05, 0) is 6.42 Å². The number of carbonyl (C=O) groups is 1. The third-order valence-corrected chi connectivity index (χ3v) is 1.54. The second-order valence-corrected chi connectivity index (χ2v) is 2.36. The minimum Gasteiger partial charge on any atom is -0.478 e. The van der Waals surface area contributed by atoms with Crippen LogP contribution in [0.1, 0.15) is 12.8 Å². The topological polar surface area (TPSA) is 89.8 Å². The fourth-order valence-corrected chi connectivity index (χ4v) is 0.934. The number of carboxylic acid groups (broad SMARTS) is 1. The van der Waals surface area contributed by atoms with Crippen molar-refractivity contribution in [1.82, 2.24) is 5.32 Å². The third kappa shape index (κ3) is 1.11. The van der Waals surface area contributed by atoms with Gasteiger partial charge in [0.1, 0.15) is 6.23 Å². The van der Waals surface area contributed by atoms with Crippen LogP contribution in [0.25, 0.3) is 0 Å². The Hall–Kier alpha value is -0.650. The molecule has 0 aliphatic carbocycles. The molecule has 1 rings (SSSR count). The van der Waals surface area contributed by atoms with Gasteiger partial charge in [-0.1, -0.05) is 0 Å². The maximum absolute atomic E-state index is 10.2. The summed E-state index contributed by atoms with van der Waals surface area (Å²) < 4.78 is 0. The van der Waals surface area contributed by atoms with Crippen LogP contribution in [0.2, 0.25) is 0 Å². The van der Waals surface area contributed by atoms with Gasteiger partial charge >= 0.3 is 5.97 Å². The summed E-state index contributed by atoms with van der Waals surface area (Å²) in [6.45, 7) is 0. The summed E-state index contributed by atoms with van der Waals surface area (Å²) in [5.74, 6) is -1.34. The number of carboxylic acids is 1. The third-order valence-electron chi connectivity index (χ3n) is 1.54. The first-order valence-corrected chi connectivity index (χ1v) is 2.96. The molecule has 5 nitrogen and oxygen atoms in total. The Balaban J connectivity index is 2.63. The normalized spacial score (nSPS) is 40.0. The molecule has 0 aromatic rings. The molecule has 1 saturated heterocycles. The molecule has 0 amide bonds. The first kappa shape index (κ1) is 7.46. The molecular formula is C5H9NO4. The highest BCUT2D eigenvalue weighted by Crippen LogP contribution is 2.19. The van der Waals surface area contributed by atoms with Gasteiger partial charge in [-0.25, -0.2) is 4.79 Å². The van der Waals surface area contributed by atoms with E-state index in [1.54, 1.807) is 0 Å². The van der Waals surface area contributed by atoms with E-state index in [0.717, 1.165) is 0 Å². The summed E-state index contributed by atoms with van der Waals surface area (Å²) in [6, 6.07) is 0. The molecule has 1 aliphatic rings. The highest BCUT2D eigenvalue weighted by Gasteiger charge is 2.42. The van der Waals surface area contributed by atoms with Crippen LogP contribution in [0.5, 0.6) is 0 Å². The Morgan fingerprint density at radius 3 is 2.50 bits per heavy atom. The van der Waals surface area contributed by atoms with Crippen LogP contribution in [0.3, 0.4) is 0 Å². The number of aliphatic hydroxyl groups excluding tert-OH is 1. The average Bonchev–Trinajstić information content (AvgIpc) is 2.13. The number of hydrogen-bond donors (Lipinski definition) is 4. The van der Waals surface area contributed by atoms with E-state index >= 15 is 0 Å². The monoisotopic (exact) mass is 147 g/mol. The second-order valence-electron chi connectivity index (χ2n) is 2.36. The van der Waals surface area contributed by atoms with Crippen LogP contribution >= 0.6 is 0 Å². The van der Waals surface area contributed by atoms with Gasteiger partial charge in [0, 0.05) is 6.42 Å². The van der Waals surface area contributed by atoms with E-state index in [2.05, 4.69) is 5.32 Å². The van der Waals surface area contributed by atoms with Crippen LogP contribution in [0, 0.1) is 0 Å². The van der Waals surface area contributed by atoms with Crippen LogP contribution in [-0.4, -0.2) is 33.2 Å². The SMILES string of the molecule is O=C(O)C1(O)CCC(O)N1. The first-order valence-electron chi connectivity index (χ1n) is 2.96. The lowest BCUT2D eigenvalue weighted by atomic mass is 10.2. The summed E-state index contributed by atoms with van der Waals surface area (Å²) in [7, 11) is 0. The van der Waals surface area contributed by atoms with E-state index in [9.17, 15) is 4.79 Å². The smallest absolute Gasteiger partial charge is 0.351 e. The van der Waals surface area contributed by atoms with E-state index in [1.807, 2.05) is 0 Å². The number of aliphatic carboxylic acids is 1. The molecule has 1 heterocycles. The zero-order valence-corrected chi connectivity index (χ0v) is 5.24. The van der Waals surface area contributed by atoms with Crippen molar-refractivity contribution in [2.24, 2.45) is 0 Å². The highest BCUT2D eigenvalue weighted by molar-refractivity contribution is 5.76. The van der Waals surface area contributed by atoms with Gasteiger partial charge in [0.2, 0.25) is 5.72 Å². The molecule has 0 saturated carbocycles. The summed E-state index contributed by atoms with van der Waals surface area (Å²) >= 11 is 0. The minimum atomic E-state index is -1.92. The van der Waals surface area contributed by atoms with Crippen LogP contribution in [0.4, 0.5) is 0 Å². The summed E-state index contributed by atoms with van der Waals surface area (Å²) in [6.07, 6.45) is -0.590. The van der Waals surface area contributed by atoms with Gasteiger partial charge in [0.05, 0.1) is 0 Å². The molecular weight excluding hydrogens is 138 g/mol. The fourth-order valence-electron chi connectivity index (χ4n) is 0.934. The quantitative estimate of drug-likeness (QED) is 0.361. The Morgan fingerprint density at radius 2 is 2.30 bits per heavy atom. The van der Waals surface area contributed by atoms with Gasteiger partial charge in [0.15, 0.2) is 0 Å². The summed E-state index contributed by atoms with van der Waals surface area (Å²) in [5.41, 5.74) is -1.92. The summed E-state index contributed by atoms with van der Waals surface area (Å²) in [4.78, 5) is 10.2. The van der Waals surface area contributed by atoms with Crippen molar-refractivity contribution < 1.29 is 20.1 Å². The van der Waals surface area contributed by atoms with Crippen molar-refractivity contribution in [1.29, 1.82) is 0 Å². The van der Waals surface area contributed by atoms with Crippen LogP contribution in [-0.2, 0) is 4.79 Å². The van der Waals surface area contributed by atoms with Crippen molar-refractivity contribution >= 4 is 5.97 Å². The maximum atomic E-state index is 10.2. The van der Waals surface area contributed by atoms with E-state index in [-0.39, 0.29) is 12.8 Å². The van der Waals surface area contributed by atoms with E-state index in [4.69, 9.17) is 15.3 Å². The maximum Gasteiger partial charge on any atom is 0.351 e. The zero-order valence-electron chi connectivity index (χ0n) is 5.24. The van der Waals surface area contributed by atoms with E-state index in [1.165, 1.54) is 0 Å². The Bertz CT molecular complexity index is 160. The van der Waals surface area contributed by atoms with Crippen molar-refractivity contribution in [2.75, 3.05) is 0 Å². The zero-order chi connectivity index (χ0) is 7.78. The fraction of sp³-hybridized carbons (Fsp3) is 0.800. The Kier molecular flexibility index (Phi) is 1.63. The number of rotatable bonds is 1. The molecule has 1 aliphatic heterocycles. The van der Waals surface area contributed by atoms with Gasteiger partial charge in [-0.2, -0.15) is 0 Å². The van der Waals surface area contributed by atoms with Crippen molar-refractivity contribution in [3.05, 3.63) is 0 Å². The lowest BCUT2D eigenvalue weighted by Crippen LogP contribution is -2.49. The molecule has 58 valence electrons. The number of aliphatic hydroxyl groups is 2. The number of nitrogens with one attached hydrogen (secondary N) is 1. The predicted molar refractivity (Wildman–Crippen MR) is 31.0 cm³/mol. The summed E-state index contributed by atoms with van der Waals surface area (Å²) in [5, 5.41) is 28.4. The number of hydrogen-bond acceptors (Lipinski definition) is 4. The molecule has 0 spiro atoms. The first-order chi connectivity index (χ1) is 4.54. The second kappa shape index (κ2) is 2.19. The van der Waals surface area contributed by atoms with Crippen molar-refractivity contribution in [3.8, 4) is 0 Å². The van der Waals surface area contributed by atoms with Crippen molar-refractivity contribution in [2.45, 2.75) is 24.8 Å². The molecule has 4 N–H and O–H groups in total. The lowest BCUT2D eigenvalue weighted by Gasteiger charge is -2.16. The molecule has 0 aromatic carbocycles.